The van der Waals surface area contributed by atoms with Crippen LogP contribution < -0.4 is 10.6 Å². The lowest BCUT2D eigenvalue weighted by atomic mass is 10.1. The number of rotatable bonds is 2. The van der Waals surface area contributed by atoms with Crippen molar-refractivity contribution in [1.82, 2.24) is 4.90 Å². The van der Waals surface area contributed by atoms with Crippen LogP contribution in [0.2, 0.25) is 0 Å². The normalized spacial score (nSPS) is 24.5. The third-order valence-corrected chi connectivity index (χ3v) is 4.01. The first-order valence-electron chi connectivity index (χ1n) is 6.84. The number of hydrogen-bond donors (Lipinski definition) is 1. The molecule has 1 aromatic carbocycles. The van der Waals surface area contributed by atoms with Crippen molar-refractivity contribution in [2.75, 3.05) is 25.0 Å². The molecule has 1 aromatic rings. The van der Waals surface area contributed by atoms with Crippen LogP contribution >= 0.6 is 0 Å². The van der Waals surface area contributed by atoms with E-state index in [2.05, 4.69) is 36.9 Å². The molecule has 19 heavy (non-hydrogen) atoms. The molecule has 0 radical (unpaired) electrons. The summed E-state index contributed by atoms with van der Waals surface area (Å²) < 4.78 is 0. The first kappa shape index (κ1) is 13.9. The minimum Gasteiger partial charge on any atom is -0.358 e. The Hall–Kier alpha value is -1.55. The van der Waals surface area contributed by atoms with E-state index >= 15 is 0 Å². The molecule has 2 N–H and O–H groups in total. The van der Waals surface area contributed by atoms with E-state index < -0.39 is 0 Å². The van der Waals surface area contributed by atoms with Crippen molar-refractivity contribution < 1.29 is 4.79 Å². The summed E-state index contributed by atoms with van der Waals surface area (Å²) in [6, 6.07) is 8.27. The minimum absolute atomic E-state index is 0.119. The Labute approximate surface area is 115 Å². The molecular weight excluding hydrogens is 238 g/mol. The number of carbonyl (C=O) groups excluding carboxylic acids is 1. The fourth-order valence-electron chi connectivity index (χ4n) is 2.60. The first-order valence-corrected chi connectivity index (χ1v) is 6.84. The Morgan fingerprint density at radius 3 is 2.79 bits per heavy atom. The lowest BCUT2D eigenvalue weighted by molar-refractivity contribution is -0.132. The van der Waals surface area contributed by atoms with Gasteiger partial charge in [0.05, 0.1) is 0 Å². The number of aryl methyl sites for hydroxylation is 1. The summed E-state index contributed by atoms with van der Waals surface area (Å²) in [5.41, 5.74) is 8.14. The largest absolute Gasteiger partial charge is 0.358 e. The SMILES string of the molecule is Cc1cccc(N2CCC(C)N(C)C(=O)C2CN)c1. The van der Waals surface area contributed by atoms with Gasteiger partial charge in [-0.15, -0.1) is 0 Å². The van der Waals surface area contributed by atoms with Crippen LogP contribution in [-0.4, -0.2) is 43.0 Å². The molecule has 1 saturated heterocycles. The van der Waals surface area contributed by atoms with E-state index in [1.165, 1.54) is 5.56 Å². The van der Waals surface area contributed by atoms with Gasteiger partial charge in [0.25, 0.3) is 0 Å². The van der Waals surface area contributed by atoms with Crippen molar-refractivity contribution in [3.8, 4) is 0 Å². The molecule has 0 aromatic heterocycles. The molecule has 2 atom stereocenters. The van der Waals surface area contributed by atoms with Crippen LogP contribution in [-0.2, 0) is 4.79 Å². The summed E-state index contributed by atoms with van der Waals surface area (Å²) >= 11 is 0. The van der Waals surface area contributed by atoms with Crippen molar-refractivity contribution in [2.45, 2.75) is 32.4 Å². The zero-order valence-corrected chi connectivity index (χ0v) is 12.0. The second-order valence-electron chi connectivity index (χ2n) is 5.37. The second kappa shape index (κ2) is 5.61. The first-order chi connectivity index (χ1) is 9.04. The minimum atomic E-state index is -0.253. The molecule has 1 amide bonds. The highest BCUT2D eigenvalue weighted by Gasteiger charge is 2.33. The maximum atomic E-state index is 12.5. The van der Waals surface area contributed by atoms with E-state index in [9.17, 15) is 4.79 Å². The summed E-state index contributed by atoms with van der Waals surface area (Å²) in [4.78, 5) is 16.4. The van der Waals surface area contributed by atoms with Gasteiger partial charge in [-0.2, -0.15) is 0 Å². The predicted molar refractivity (Wildman–Crippen MR) is 78.2 cm³/mol. The molecule has 1 fully saturated rings. The average Bonchev–Trinajstić information content (AvgIpc) is 2.50. The summed E-state index contributed by atoms with van der Waals surface area (Å²) in [6.45, 7) is 5.37. The van der Waals surface area contributed by atoms with Crippen LogP contribution in [0.4, 0.5) is 5.69 Å². The zero-order chi connectivity index (χ0) is 14.0. The average molecular weight is 261 g/mol. The molecule has 1 aliphatic heterocycles. The van der Waals surface area contributed by atoms with Gasteiger partial charge in [-0.3, -0.25) is 4.79 Å². The van der Waals surface area contributed by atoms with E-state index in [-0.39, 0.29) is 18.0 Å². The molecule has 0 saturated carbocycles. The third-order valence-electron chi connectivity index (χ3n) is 4.01. The van der Waals surface area contributed by atoms with Crippen LogP contribution in [0.25, 0.3) is 0 Å². The van der Waals surface area contributed by atoms with Crippen molar-refractivity contribution in [3.63, 3.8) is 0 Å². The van der Waals surface area contributed by atoms with Crippen LogP contribution in [0.5, 0.6) is 0 Å². The van der Waals surface area contributed by atoms with Crippen LogP contribution in [0.15, 0.2) is 24.3 Å². The van der Waals surface area contributed by atoms with Gasteiger partial charge in [0.15, 0.2) is 0 Å². The predicted octanol–water partition coefficient (Wildman–Crippen LogP) is 1.38. The smallest absolute Gasteiger partial charge is 0.246 e. The molecule has 1 heterocycles. The number of benzene rings is 1. The third kappa shape index (κ3) is 2.73. The quantitative estimate of drug-likeness (QED) is 0.875. The van der Waals surface area contributed by atoms with Crippen molar-refractivity contribution in [1.29, 1.82) is 0 Å². The van der Waals surface area contributed by atoms with Gasteiger partial charge >= 0.3 is 0 Å². The Bertz CT molecular complexity index is 460. The highest BCUT2D eigenvalue weighted by molar-refractivity contribution is 5.86. The highest BCUT2D eigenvalue weighted by Crippen LogP contribution is 2.23. The molecule has 0 spiro atoms. The number of amides is 1. The van der Waals surface area contributed by atoms with Gasteiger partial charge in [-0.1, -0.05) is 12.1 Å². The molecular formula is C15H23N3O. The number of hydrogen-bond acceptors (Lipinski definition) is 3. The Balaban J connectivity index is 2.35. The molecule has 2 unspecified atom stereocenters. The van der Waals surface area contributed by atoms with Crippen molar-refractivity contribution in [3.05, 3.63) is 29.8 Å². The Morgan fingerprint density at radius 2 is 2.16 bits per heavy atom. The van der Waals surface area contributed by atoms with Crippen LogP contribution in [0.1, 0.15) is 18.9 Å². The number of nitrogens with zero attached hydrogens (tertiary/aromatic N) is 2. The Kier molecular flexibility index (Phi) is 4.10. The standard InChI is InChI=1S/C15H23N3O/c1-11-5-4-6-13(9-11)18-8-7-12(2)17(3)15(19)14(18)10-16/h4-6,9,12,14H,7-8,10,16H2,1-3H3. The number of carbonyl (C=O) groups is 1. The summed E-state index contributed by atoms with van der Waals surface area (Å²) in [7, 11) is 1.87. The molecule has 4 nitrogen and oxygen atoms in total. The van der Waals surface area contributed by atoms with E-state index in [4.69, 9.17) is 5.73 Å². The number of nitrogens with two attached hydrogens (primary N) is 1. The number of anilines is 1. The van der Waals surface area contributed by atoms with Gasteiger partial charge in [0.2, 0.25) is 5.91 Å². The van der Waals surface area contributed by atoms with Gasteiger partial charge in [-0.05, 0) is 38.0 Å². The zero-order valence-electron chi connectivity index (χ0n) is 12.0. The Morgan fingerprint density at radius 1 is 1.42 bits per heavy atom. The monoisotopic (exact) mass is 261 g/mol. The number of likely N-dealkylation sites (N-methyl/N-ethyl adjacent to an activating group) is 1. The fraction of sp³-hybridized carbons (Fsp3) is 0.533. The van der Waals surface area contributed by atoms with E-state index in [1.807, 2.05) is 18.0 Å². The summed E-state index contributed by atoms with van der Waals surface area (Å²) in [5, 5.41) is 0. The van der Waals surface area contributed by atoms with Crippen molar-refractivity contribution >= 4 is 11.6 Å². The van der Waals surface area contributed by atoms with Crippen LogP contribution in [0, 0.1) is 6.92 Å². The lowest BCUT2D eigenvalue weighted by Gasteiger charge is -2.31. The van der Waals surface area contributed by atoms with Crippen molar-refractivity contribution in [2.24, 2.45) is 5.73 Å². The van der Waals surface area contributed by atoms with Crippen LogP contribution in [0.3, 0.4) is 0 Å². The maximum Gasteiger partial charge on any atom is 0.246 e. The van der Waals surface area contributed by atoms with E-state index in [0.717, 1.165) is 18.7 Å². The fourth-order valence-corrected chi connectivity index (χ4v) is 2.60. The lowest BCUT2D eigenvalue weighted by Crippen LogP contribution is -2.50. The van der Waals surface area contributed by atoms with Gasteiger partial charge in [-0.25, -0.2) is 0 Å². The van der Waals surface area contributed by atoms with E-state index in [1.54, 1.807) is 0 Å². The summed E-state index contributed by atoms with van der Waals surface area (Å²) in [6.07, 6.45) is 0.965. The maximum absolute atomic E-state index is 12.5. The van der Waals surface area contributed by atoms with E-state index in [0.29, 0.717) is 6.54 Å². The molecule has 104 valence electrons. The van der Waals surface area contributed by atoms with Gasteiger partial charge in [0.1, 0.15) is 6.04 Å². The highest BCUT2D eigenvalue weighted by atomic mass is 16.2. The van der Waals surface area contributed by atoms with Gasteiger partial charge in [0, 0.05) is 31.9 Å². The molecule has 1 aliphatic rings. The second-order valence-corrected chi connectivity index (χ2v) is 5.37. The van der Waals surface area contributed by atoms with Gasteiger partial charge < -0.3 is 15.5 Å². The molecule has 0 bridgehead atoms. The molecule has 4 heteroatoms. The summed E-state index contributed by atoms with van der Waals surface area (Å²) in [5.74, 6) is 0.119. The molecule has 2 rings (SSSR count). The topological polar surface area (TPSA) is 49.6 Å². The molecule has 0 aliphatic carbocycles.